The first-order valence-electron chi connectivity index (χ1n) is 12.6. The number of rotatable bonds is 19. The van der Waals surface area contributed by atoms with Crippen molar-refractivity contribution in [2.75, 3.05) is 65.5 Å². The van der Waals surface area contributed by atoms with E-state index in [-0.39, 0.29) is 5.41 Å². The second kappa shape index (κ2) is 15.8. The van der Waals surface area contributed by atoms with Crippen LogP contribution in [0.1, 0.15) is 67.7 Å². The highest BCUT2D eigenvalue weighted by Gasteiger charge is 2.41. The Morgan fingerprint density at radius 2 is 0.966 bits per heavy atom. The van der Waals surface area contributed by atoms with Crippen LogP contribution in [-0.2, 0) is 4.43 Å². The van der Waals surface area contributed by atoms with Crippen LogP contribution in [0.4, 0.5) is 0 Å². The maximum atomic E-state index is 6.39. The largest absolute Gasteiger partial charge is 0.418 e. The van der Waals surface area contributed by atoms with Gasteiger partial charge in [-0.25, -0.2) is 0 Å². The van der Waals surface area contributed by atoms with Crippen molar-refractivity contribution in [1.82, 2.24) is 14.7 Å². The second-order valence-electron chi connectivity index (χ2n) is 9.48. The monoisotopic (exact) mass is 429 g/mol. The van der Waals surface area contributed by atoms with Crippen LogP contribution in [-0.4, -0.2) is 88.5 Å². The zero-order valence-corrected chi connectivity index (χ0v) is 22.6. The molecule has 0 bridgehead atoms. The molecule has 4 nitrogen and oxygen atoms in total. The zero-order chi connectivity index (χ0) is 22.3. The summed E-state index contributed by atoms with van der Waals surface area (Å²) >= 11 is 0. The third kappa shape index (κ3) is 11.9. The zero-order valence-electron chi connectivity index (χ0n) is 21.6. The summed E-state index contributed by atoms with van der Waals surface area (Å²) in [6, 6.07) is 1.24. The molecular formula is C24H55N3OSi. The van der Waals surface area contributed by atoms with Crippen LogP contribution in [0, 0.1) is 5.41 Å². The van der Waals surface area contributed by atoms with Crippen molar-refractivity contribution in [3.8, 4) is 0 Å². The minimum absolute atomic E-state index is 0.270. The van der Waals surface area contributed by atoms with Gasteiger partial charge in [0, 0.05) is 31.7 Å². The normalized spacial score (nSPS) is 13.2. The predicted molar refractivity (Wildman–Crippen MR) is 134 cm³/mol. The maximum Gasteiger partial charge on any atom is 0.187 e. The Hall–Kier alpha value is 0.0569. The van der Waals surface area contributed by atoms with Crippen molar-refractivity contribution in [3.63, 3.8) is 0 Å². The van der Waals surface area contributed by atoms with Crippen molar-refractivity contribution in [1.29, 1.82) is 0 Å². The topological polar surface area (TPSA) is 19.0 Å². The third-order valence-electron chi connectivity index (χ3n) is 5.97. The molecule has 0 aliphatic rings. The highest BCUT2D eigenvalue weighted by atomic mass is 28.4. The molecule has 29 heavy (non-hydrogen) atoms. The number of hydrogen-bond acceptors (Lipinski definition) is 4. The van der Waals surface area contributed by atoms with E-state index in [0.29, 0.717) is 0 Å². The maximum absolute atomic E-state index is 6.39. The summed E-state index contributed by atoms with van der Waals surface area (Å²) in [5.74, 6) is 0. The van der Waals surface area contributed by atoms with Crippen LogP contribution in [0.25, 0.3) is 0 Å². The molecule has 176 valence electrons. The molecule has 0 saturated heterocycles. The Labute approximate surface area is 185 Å². The Morgan fingerprint density at radius 3 is 1.21 bits per heavy atom. The summed E-state index contributed by atoms with van der Waals surface area (Å²) < 4.78 is 6.39. The Bertz CT molecular complexity index is 352. The van der Waals surface area contributed by atoms with E-state index in [1.54, 1.807) is 0 Å². The first-order chi connectivity index (χ1) is 13.7. The van der Waals surface area contributed by atoms with Crippen LogP contribution in [0.3, 0.4) is 0 Å². The lowest BCUT2D eigenvalue weighted by Crippen LogP contribution is -2.55. The van der Waals surface area contributed by atoms with E-state index in [0.717, 1.165) is 26.2 Å². The molecule has 0 aromatic carbocycles. The van der Waals surface area contributed by atoms with Crippen LogP contribution in [0.5, 0.6) is 0 Å². The van der Waals surface area contributed by atoms with Gasteiger partial charge in [-0.3, -0.25) is 0 Å². The summed E-state index contributed by atoms with van der Waals surface area (Å²) in [6.45, 7) is 32.5. The Kier molecular flexibility index (Phi) is 15.8. The first-order valence-corrected chi connectivity index (χ1v) is 15.7. The minimum Gasteiger partial charge on any atom is -0.418 e. The lowest BCUT2D eigenvalue weighted by atomic mass is 9.87. The lowest BCUT2D eigenvalue weighted by molar-refractivity contribution is 0.0667. The molecule has 0 aromatic heterocycles. The van der Waals surface area contributed by atoms with Gasteiger partial charge >= 0.3 is 0 Å². The Balaban J connectivity index is 6.02. The molecular weight excluding hydrogens is 374 g/mol. The van der Waals surface area contributed by atoms with Crippen LogP contribution in [0.15, 0.2) is 0 Å². The SMILES string of the molecule is CCCN(CC)CC(CN(CC)CCC)(CN(CC)CCC)C[Si](C)(C)OCC. The highest BCUT2D eigenvalue weighted by molar-refractivity contribution is 6.71. The van der Waals surface area contributed by atoms with Gasteiger partial charge in [-0.15, -0.1) is 0 Å². The summed E-state index contributed by atoms with van der Waals surface area (Å²) in [6.07, 6.45) is 3.69. The van der Waals surface area contributed by atoms with Gasteiger partial charge in [-0.05, 0) is 84.6 Å². The molecule has 0 N–H and O–H groups in total. The van der Waals surface area contributed by atoms with E-state index in [1.807, 2.05) is 0 Å². The van der Waals surface area contributed by atoms with Gasteiger partial charge in [-0.2, -0.15) is 0 Å². The van der Waals surface area contributed by atoms with Gasteiger partial charge < -0.3 is 19.1 Å². The standard InChI is InChI=1S/C24H55N3OSi/c1-10-17-25(13-4)20-24(21-26(14-5)18-11-2,22-27(15-6)19-12-3)23-29(8,9)28-16-7/h10-23H2,1-9H3. The average Bonchev–Trinajstić information content (AvgIpc) is 2.66. The van der Waals surface area contributed by atoms with E-state index in [9.17, 15) is 0 Å². The van der Waals surface area contributed by atoms with E-state index in [4.69, 9.17) is 4.43 Å². The van der Waals surface area contributed by atoms with Crippen molar-refractivity contribution in [2.24, 2.45) is 5.41 Å². The van der Waals surface area contributed by atoms with Crippen molar-refractivity contribution in [2.45, 2.75) is 86.9 Å². The highest BCUT2D eigenvalue weighted by Crippen LogP contribution is 2.34. The van der Waals surface area contributed by atoms with Crippen LogP contribution in [0.2, 0.25) is 19.1 Å². The molecule has 0 amide bonds. The molecule has 0 atom stereocenters. The van der Waals surface area contributed by atoms with Crippen LogP contribution >= 0.6 is 0 Å². The van der Waals surface area contributed by atoms with Crippen molar-refractivity contribution < 1.29 is 4.43 Å². The van der Waals surface area contributed by atoms with Gasteiger partial charge in [-0.1, -0.05) is 41.5 Å². The molecule has 0 fully saturated rings. The lowest BCUT2D eigenvalue weighted by Gasteiger charge is -2.47. The number of nitrogens with zero attached hydrogens (tertiary/aromatic N) is 3. The molecule has 0 unspecified atom stereocenters. The van der Waals surface area contributed by atoms with Crippen molar-refractivity contribution in [3.05, 3.63) is 0 Å². The summed E-state index contributed by atoms with van der Waals surface area (Å²) in [5.41, 5.74) is 0.270. The fraction of sp³-hybridized carbons (Fsp3) is 1.00. The molecule has 5 heteroatoms. The van der Waals surface area contributed by atoms with Gasteiger partial charge in [0.1, 0.15) is 0 Å². The van der Waals surface area contributed by atoms with E-state index in [2.05, 4.69) is 76.3 Å². The molecule has 0 spiro atoms. The quantitative estimate of drug-likeness (QED) is 0.255. The second-order valence-corrected chi connectivity index (χ2v) is 13.6. The van der Waals surface area contributed by atoms with E-state index in [1.165, 1.54) is 64.6 Å². The third-order valence-corrected chi connectivity index (χ3v) is 8.65. The minimum atomic E-state index is -1.73. The molecule has 0 heterocycles. The Morgan fingerprint density at radius 1 is 0.621 bits per heavy atom. The summed E-state index contributed by atoms with van der Waals surface area (Å²) in [4.78, 5) is 8.11. The molecule has 0 aliphatic carbocycles. The molecule has 0 radical (unpaired) electrons. The summed E-state index contributed by atoms with van der Waals surface area (Å²) in [5, 5.41) is 0. The first kappa shape index (κ1) is 29.1. The fourth-order valence-electron chi connectivity index (χ4n) is 5.08. The number of hydrogen-bond donors (Lipinski definition) is 0. The molecule has 0 saturated carbocycles. The molecule has 0 rings (SSSR count). The van der Waals surface area contributed by atoms with Gasteiger partial charge in [0.25, 0.3) is 0 Å². The molecule has 0 aromatic rings. The smallest absolute Gasteiger partial charge is 0.187 e. The van der Waals surface area contributed by atoms with Crippen molar-refractivity contribution >= 4 is 8.32 Å². The van der Waals surface area contributed by atoms with Gasteiger partial charge in [0.05, 0.1) is 0 Å². The van der Waals surface area contributed by atoms with Gasteiger partial charge in [0.15, 0.2) is 8.32 Å². The van der Waals surface area contributed by atoms with Gasteiger partial charge in [0.2, 0.25) is 0 Å². The molecule has 0 aliphatic heterocycles. The average molecular weight is 430 g/mol. The van der Waals surface area contributed by atoms with E-state index < -0.39 is 8.32 Å². The van der Waals surface area contributed by atoms with E-state index >= 15 is 0 Å². The summed E-state index contributed by atoms with van der Waals surface area (Å²) in [7, 11) is -1.73. The fourth-order valence-corrected chi connectivity index (χ4v) is 8.11. The predicted octanol–water partition coefficient (Wildman–Crippen LogP) is 5.41. The van der Waals surface area contributed by atoms with Crippen LogP contribution < -0.4 is 0 Å².